The molecule has 0 unspecified atom stereocenters. The molecule has 2 amide bonds. The Morgan fingerprint density at radius 1 is 1.21 bits per heavy atom. The number of thiazole rings is 1. The summed E-state index contributed by atoms with van der Waals surface area (Å²) in [6, 6.07) is 10.5. The molecule has 2 heterocycles. The van der Waals surface area contributed by atoms with E-state index in [-0.39, 0.29) is 11.8 Å². The van der Waals surface area contributed by atoms with E-state index < -0.39 is 0 Å². The van der Waals surface area contributed by atoms with Crippen molar-refractivity contribution < 1.29 is 18.7 Å². The summed E-state index contributed by atoms with van der Waals surface area (Å²) in [6.45, 7) is 5.59. The first-order valence-corrected chi connectivity index (χ1v) is 10.2. The Balaban J connectivity index is 1.59. The molecule has 0 atom stereocenters. The first-order valence-electron chi connectivity index (χ1n) is 9.36. The van der Waals surface area contributed by atoms with Gasteiger partial charge in [-0.15, -0.1) is 11.3 Å². The molecule has 1 aromatic carbocycles. The zero-order chi connectivity index (χ0) is 20.6. The van der Waals surface area contributed by atoms with E-state index in [0.717, 1.165) is 12.2 Å². The Morgan fingerprint density at radius 3 is 2.83 bits per heavy atom. The standard InChI is InChI=1S/C21H23N3O4S/c1-3-27-11-5-10-22-19(25)15-6-4-7-16(12-15)23-20(26)17-13-29-21(24-17)18-9-8-14(2)28-18/h4,6-9,12-13H,3,5,10-11H2,1-2H3,(H,22,25)(H,23,26). The number of amides is 2. The van der Waals surface area contributed by atoms with Crippen LogP contribution in [0, 0.1) is 6.92 Å². The van der Waals surface area contributed by atoms with Gasteiger partial charge in [-0.3, -0.25) is 9.59 Å². The number of rotatable bonds is 9. The molecule has 152 valence electrons. The van der Waals surface area contributed by atoms with Gasteiger partial charge in [0.2, 0.25) is 0 Å². The van der Waals surface area contributed by atoms with Gasteiger partial charge in [0, 0.05) is 36.4 Å². The zero-order valence-corrected chi connectivity index (χ0v) is 17.2. The molecule has 3 aromatic rings. The van der Waals surface area contributed by atoms with E-state index in [1.54, 1.807) is 29.6 Å². The van der Waals surface area contributed by atoms with Gasteiger partial charge in [-0.05, 0) is 50.6 Å². The van der Waals surface area contributed by atoms with Crippen molar-refractivity contribution in [2.75, 3.05) is 25.1 Å². The number of carbonyl (C=O) groups is 2. The molecule has 0 saturated heterocycles. The van der Waals surface area contributed by atoms with Crippen LogP contribution in [-0.2, 0) is 4.74 Å². The number of carbonyl (C=O) groups excluding carboxylic acids is 2. The van der Waals surface area contributed by atoms with Crippen LogP contribution in [0.25, 0.3) is 10.8 Å². The third-order valence-corrected chi connectivity index (χ3v) is 4.88. The van der Waals surface area contributed by atoms with E-state index in [4.69, 9.17) is 9.15 Å². The van der Waals surface area contributed by atoms with Crippen LogP contribution in [0.15, 0.2) is 46.2 Å². The minimum Gasteiger partial charge on any atom is -0.459 e. The Kier molecular flexibility index (Phi) is 7.15. The molecular formula is C21H23N3O4S. The van der Waals surface area contributed by atoms with Gasteiger partial charge < -0.3 is 19.8 Å². The zero-order valence-electron chi connectivity index (χ0n) is 16.4. The SMILES string of the molecule is CCOCCCNC(=O)c1cccc(NC(=O)c2csc(-c3ccc(C)o3)n2)c1. The van der Waals surface area contributed by atoms with E-state index in [1.165, 1.54) is 11.3 Å². The fourth-order valence-corrected chi connectivity index (χ4v) is 3.36. The molecule has 2 N–H and O–H groups in total. The Morgan fingerprint density at radius 2 is 2.07 bits per heavy atom. The Hall–Kier alpha value is -2.97. The van der Waals surface area contributed by atoms with Crippen molar-refractivity contribution in [1.29, 1.82) is 0 Å². The maximum Gasteiger partial charge on any atom is 0.275 e. The van der Waals surface area contributed by atoms with Gasteiger partial charge in [0.05, 0.1) is 0 Å². The summed E-state index contributed by atoms with van der Waals surface area (Å²) in [4.78, 5) is 29.1. The Bertz CT molecular complexity index is 980. The maximum atomic E-state index is 12.5. The number of benzene rings is 1. The summed E-state index contributed by atoms with van der Waals surface area (Å²) >= 11 is 1.34. The largest absolute Gasteiger partial charge is 0.459 e. The van der Waals surface area contributed by atoms with Gasteiger partial charge in [-0.2, -0.15) is 0 Å². The van der Waals surface area contributed by atoms with Crippen molar-refractivity contribution >= 4 is 28.8 Å². The maximum absolute atomic E-state index is 12.5. The highest BCUT2D eigenvalue weighted by Crippen LogP contribution is 2.26. The van der Waals surface area contributed by atoms with Crippen molar-refractivity contribution in [3.63, 3.8) is 0 Å². The van der Waals surface area contributed by atoms with Crippen molar-refractivity contribution in [2.24, 2.45) is 0 Å². The quantitative estimate of drug-likeness (QED) is 0.515. The van der Waals surface area contributed by atoms with Crippen LogP contribution in [0.2, 0.25) is 0 Å². The first kappa shape index (κ1) is 20.8. The third-order valence-electron chi connectivity index (χ3n) is 4.03. The second kappa shape index (κ2) is 9.99. The normalized spacial score (nSPS) is 10.7. The van der Waals surface area contributed by atoms with Gasteiger partial charge in [-0.1, -0.05) is 6.07 Å². The average Bonchev–Trinajstić information content (AvgIpc) is 3.37. The van der Waals surface area contributed by atoms with Crippen LogP contribution in [-0.4, -0.2) is 36.6 Å². The lowest BCUT2D eigenvalue weighted by atomic mass is 10.2. The van der Waals surface area contributed by atoms with Crippen LogP contribution in [0.4, 0.5) is 5.69 Å². The molecule has 8 heteroatoms. The van der Waals surface area contributed by atoms with Gasteiger partial charge in [0.1, 0.15) is 11.5 Å². The third kappa shape index (κ3) is 5.75. The van der Waals surface area contributed by atoms with Crippen molar-refractivity contribution in [3.05, 3.63) is 58.8 Å². The van der Waals surface area contributed by atoms with Crippen LogP contribution >= 0.6 is 11.3 Å². The highest BCUT2D eigenvalue weighted by molar-refractivity contribution is 7.13. The second-order valence-electron chi connectivity index (χ2n) is 6.29. The summed E-state index contributed by atoms with van der Waals surface area (Å²) in [6.07, 6.45) is 0.747. The number of ether oxygens (including phenoxy) is 1. The number of nitrogens with one attached hydrogen (secondary N) is 2. The lowest BCUT2D eigenvalue weighted by Crippen LogP contribution is -2.25. The van der Waals surface area contributed by atoms with E-state index in [0.29, 0.717) is 47.5 Å². The van der Waals surface area contributed by atoms with Gasteiger partial charge >= 0.3 is 0 Å². The van der Waals surface area contributed by atoms with Gasteiger partial charge in [0.15, 0.2) is 10.8 Å². The molecule has 7 nitrogen and oxygen atoms in total. The fraction of sp³-hybridized carbons (Fsp3) is 0.286. The van der Waals surface area contributed by atoms with Crippen molar-refractivity contribution in [2.45, 2.75) is 20.3 Å². The molecule has 0 fully saturated rings. The van der Waals surface area contributed by atoms with Crippen LogP contribution in [0.1, 0.15) is 40.0 Å². The molecule has 0 aliphatic rings. The highest BCUT2D eigenvalue weighted by atomic mass is 32.1. The van der Waals surface area contributed by atoms with Crippen LogP contribution < -0.4 is 10.6 Å². The lowest BCUT2D eigenvalue weighted by Gasteiger charge is -2.08. The summed E-state index contributed by atoms with van der Waals surface area (Å²) in [5.74, 6) is 0.885. The highest BCUT2D eigenvalue weighted by Gasteiger charge is 2.15. The Labute approximate surface area is 173 Å². The summed E-state index contributed by atoms with van der Waals surface area (Å²) < 4.78 is 10.8. The van der Waals surface area contributed by atoms with Crippen LogP contribution in [0.5, 0.6) is 0 Å². The van der Waals surface area contributed by atoms with Gasteiger partial charge in [-0.25, -0.2) is 4.98 Å². The van der Waals surface area contributed by atoms with Crippen molar-refractivity contribution in [3.8, 4) is 10.8 Å². The number of furan rings is 1. The average molecular weight is 413 g/mol. The number of nitrogens with zero attached hydrogens (tertiary/aromatic N) is 1. The van der Waals surface area contributed by atoms with E-state index >= 15 is 0 Å². The summed E-state index contributed by atoms with van der Waals surface area (Å²) in [7, 11) is 0. The molecule has 0 spiro atoms. The first-order chi connectivity index (χ1) is 14.1. The smallest absolute Gasteiger partial charge is 0.275 e. The predicted octanol–water partition coefficient (Wildman–Crippen LogP) is 4.12. The van der Waals surface area contributed by atoms with Crippen molar-refractivity contribution in [1.82, 2.24) is 10.3 Å². The van der Waals surface area contributed by atoms with Crippen LogP contribution in [0.3, 0.4) is 0 Å². The molecule has 0 bridgehead atoms. The predicted molar refractivity (Wildman–Crippen MR) is 112 cm³/mol. The summed E-state index contributed by atoms with van der Waals surface area (Å²) in [5, 5.41) is 7.94. The molecule has 29 heavy (non-hydrogen) atoms. The fourth-order valence-electron chi connectivity index (χ4n) is 2.60. The minimum atomic E-state index is -0.343. The topological polar surface area (TPSA) is 93.5 Å². The van der Waals surface area contributed by atoms with E-state index in [9.17, 15) is 9.59 Å². The lowest BCUT2D eigenvalue weighted by molar-refractivity contribution is 0.0943. The molecule has 3 rings (SSSR count). The molecule has 0 saturated carbocycles. The summed E-state index contributed by atoms with van der Waals surface area (Å²) in [5.41, 5.74) is 1.30. The minimum absolute atomic E-state index is 0.193. The number of anilines is 1. The monoisotopic (exact) mass is 413 g/mol. The van der Waals surface area contributed by atoms with E-state index in [1.807, 2.05) is 26.0 Å². The molecule has 0 aliphatic carbocycles. The number of hydrogen-bond donors (Lipinski definition) is 2. The second-order valence-corrected chi connectivity index (χ2v) is 7.15. The van der Waals surface area contributed by atoms with Gasteiger partial charge in [0.25, 0.3) is 11.8 Å². The number of aromatic nitrogens is 1. The molecular weight excluding hydrogens is 390 g/mol. The number of aryl methyl sites for hydroxylation is 1. The number of hydrogen-bond acceptors (Lipinski definition) is 6. The van der Waals surface area contributed by atoms with E-state index in [2.05, 4.69) is 15.6 Å². The molecule has 0 aliphatic heterocycles. The molecule has 2 aromatic heterocycles. The molecule has 0 radical (unpaired) electrons.